The number of hydroxylamine groups is 1. The smallest absolute Gasteiger partial charge is 0.248 e. The van der Waals surface area contributed by atoms with Gasteiger partial charge < -0.3 is 19.5 Å². The van der Waals surface area contributed by atoms with Crippen LogP contribution in [0.3, 0.4) is 0 Å². The number of hydrogen-bond donors (Lipinski definition) is 3. The first-order valence-corrected chi connectivity index (χ1v) is 9.40. The molecule has 2 unspecified atom stereocenters. The van der Waals surface area contributed by atoms with Gasteiger partial charge in [0.2, 0.25) is 11.8 Å². The second-order valence-corrected chi connectivity index (χ2v) is 7.01. The number of carbonyl (C=O) groups excluding carboxylic acids is 2. The van der Waals surface area contributed by atoms with Crippen molar-refractivity contribution in [3.05, 3.63) is 0 Å². The highest BCUT2D eigenvalue weighted by Crippen LogP contribution is 2.28. The number of ether oxygens (including phenoxy) is 3. The average molecular weight is 374 g/mol. The molecule has 2 amide bonds. The molecule has 0 aliphatic heterocycles. The van der Waals surface area contributed by atoms with Crippen molar-refractivity contribution in [2.45, 2.75) is 52.0 Å². The minimum Gasteiger partial charge on any atom is -0.384 e. The highest BCUT2D eigenvalue weighted by Gasteiger charge is 2.28. The van der Waals surface area contributed by atoms with Crippen molar-refractivity contribution < 1.29 is 29.0 Å². The van der Waals surface area contributed by atoms with E-state index in [1.54, 1.807) is 5.48 Å². The Balaban J connectivity index is 2.63. The molecule has 0 aromatic heterocycles. The molecule has 0 aromatic carbocycles. The Kier molecular flexibility index (Phi) is 11.4. The van der Waals surface area contributed by atoms with Gasteiger partial charge in [-0.1, -0.05) is 6.92 Å². The van der Waals surface area contributed by atoms with Gasteiger partial charge in [-0.15, -0.1) is 0 Å². The molecule has 0 spiro atoms. The van der Waals surface area contributed by atoms with Crippen LogP contribution in [0.15, 0.2) is 0 Å². The van der Waals surface area contributed by atoms with Crippen molar-refractivity contribution in [1.82, 2.24) is 10.8 Å². The van der Waals surface area contributed by atoms with Crippen LogP contribution in [0.25, 0.3) is 0 Å². The molecule has 1 rings (SSSR count). The third kappa shape index (κ3) is 8.44. The van der Waals surface area contributed by atoms with E-state index < -0.39 is 11.8 Å². The maximum absolute atomic E-state index is 12.6. The summed E-state index contributed by atoms with van der Waals surface area (Å²) in [6, 6.07) is -0.361. The zero-order valence-corrected chi connectivity index (χ0v) is 16.2. The Hall–Kier alpha value is -1.22. The van der Waals surface area contributed by atoms with Gasteiger partial charge in [0.15, 0.2) is 0 Å². The number of carbonyl (C=O) groups is 2. The molecule has 26 heavy (non-hydrogen) atoms. The molecule has 2 atom stereocenters. The molecule has 0 bridgehead atoms. The minimum atomic E-state index is -0.586. The van der Waals surface area contributed by atoms with E-state index in [-0.39, 0.29) is 37.9 Å². The van der Waals surface area contributed by atoms with E-state index in [2.05, 4.69) is 12.2 Å². The molecule has 8 heteroatoms. The van der Waals surface area contributed by atoms with E-state index in [0.717, 1.165) is 25.7 Å². The van der Waals surface area contributed by atoms with Gasteiger partial charge in [0.25, 0.3) is 0 Å². The summed E-state index contributed by atoms with van der Waals surface area (Å²) in [4.78, 5) is 24.4. The normalized spacial score (nSPS) is 22.5. The maximum Gasteiger partial charge on any atom is 0.248 e. The Morgan fingerprint density at radius 2 is 1.85 bits per heavy atom. The molecule has 1 aliphatic rings. The van der Waals surface area contributed by atoms with Crippen molar-refractivity contribution >= 4 is 11.8 Å². The fraction of sp³-hybridized carbons (Fsp3) is 0.889. The largest absolute Gasteiger partial charge is 0.384 e. The zero-order chi connectivity index (χ0) is 19.4. The SMILES string of the molecule is CCOCOCC(CC(COC)C(=O)NO)NC(=O)C1CCC(C)CC1. The number of rotatable bonds is 12. The van der Waals surface area contributed by atoms with Gasteiger partial charge in [0.1, 0.15) is 6.79 Å². The first kappa shape index (κ1) is 22.8. The summed E-state index contributed by atoms with van der Waals surface area (Å²) in [5.74, 6) is -0.445. The van der Waals surface area contributed by atoms with Crippen molar-refractivity contribution in [2.75, 3.05) is 33.7 Å². The van der Waals surface area contributed by atoms with E-state index in [4.69, 9.17) is 19.4 Å². The summed E-state index contributed by atoms with van der Waals surface area (Å²) >= 11 is 0. The minimum absolute atomic E-state index is 0.00230. The molecule has 0 aromatic rings. The van der Waals surface area contributed by atoms with Gasteiger partial charge >= 0.3 is 0 Å². The van der Waals surface area contributed by atoms with E-state index in [1.165, 1.54) is 7.11 Å². The Morgan fingerprint density at radius 3 is 2.42 bits per heavy atom. The van der Waals surface area contributed by atoms with E-state index in [1.807, 2.05) is 6.92 Å². The molecule has 1 fully saturated rings. The first-order valence-electron chi connectivity index (χ1n) is 9.40. The lowest BCUT2D eigenvalue weighted by molar-refractivity contribution is -0.137. The van der Waals surface area contributed by atoms with E-state index in [9.17, 15) is 9.59 Å². The van der Waals surface area contributed by atoms with Crippen LogP contribution in [0, 0.1) is 17.8 Å². The number of hydrogen-bond acceptors (Lipinski definition) is 6. The van der Waals surface area contributed by atoms with E-state index in [0.29, 0.717) is 18.9 Å². The standard InChI is InChI=1S/C18H34N2O6/c1-4-25-12-26-11-16(9-15(10-24-3)18(22)20-23)19-17(21)14-7-5-13(2)6-8-14/h13-16,23H,4-12H2,1-3H3,(H,19,21)(H,20,22). The van der Waals surface area contributed by atoms with Crippen LogP contribution in [-0.2, 0) is 23.8 Å². The van der Waals surface area contributed by atoms with Crippen molar-refractivity contribution in [2.24, 2.45) is 17.8 Å². The molecule has 0 saturated heterocycles. The number of methoxy groups -OCH3 is 1. The van der Waals surface area contributed by atoms with E-state index >= 15 is 0 Å². The highest BCUT2D eigenvalue weighted by molar-refractivity contribution is 5.80. The van der Waals surface area contributed by atoms with Crippen LogP contribution < -0.4 is 10.8 Å². The van der Waals surface area contributed by atoms with Crippen molar-refractivity contribution in [3.8, 4) is 0 Å². The molecule has 152 valence electrons. The summed E-state index contributed by atoms with van der Waals surface area (Å²) in [5.41, 5.74) is 1.66. The van der Waals surface area contributed by atoms with Crippen LogP contribution >= 0.6 is 0 Å². The maximum atomic E-state index is 12.6. The molecule has 8 nitrogen and oxygen atoms in total. The Morgan fingerprint density at radius 1 is 1.15 bits per heavy atom. The van der Waals surface area contributed by atoms with Crippen LogP contribution in [0.5, 0.6) is 0 Å². The van der Waals surface area contributed by atoms with Crippen molar-refractivity contribution in [1.29, 1.82) is 0 Å². The molecule has 0 heterocycles. The third-order valence-electron chi connectivity index (χ3n) is 4.84. The monoisotopic (exact) mass is 374 g/mol. The third-order valence-corrected chi connectivity index (χ3v) is 4.84. The molecular weight excluding hydrogens is 340 g/mol. The fourth-order valence-corrected chi connectivity index (χ4v) is 3.23. The van der Waals surface area contributed by atoms with Crippen LogP contribution in [0.1, 0.15) is 46.0 Å². The summed E-state index contributed by atoms with van der Waals surface area (Å²) in [7, 11) is 1.49. The van der Waals surface area contributed by atoms with Gasteiger partial charge in [-0.3, -0.25) is 14.8 Å². The lowest BCUT2D eigenvalue weighted by atomic mass is 9.82. The highest BCUT2D eigenvalue weighted by atomic mass is 16.7. The topological polar surface area (TPSA) is 106 Å². The average Bonchev–Trinajstić information content (AvgIpc) is 2.64. The molecule has 1 aliphatic carbocycles. The predicted molar refractivity (Wildman–Crippen MR) is 95.4 cm³/mol. The summed E-state index contributed by atoms with van der Waals surface area (Å²) in [5, 5.41) is 11.9. The van der Waals surface area contributed by atoms with Gasteiger partial charge in [-0.05, 0) is 44.9 Å². The fourth-order valence-electron chi connectivity index (χ4n) is 3.23. The number of amides is 2. The molecule has 1 saturated carbocycles. The predicted octanol–water partition coefficient (Wildman–Crippen LogP) is 1.47. The van der Waals surface area contributed by atoms with Crippen LogP contribution in [0.4, 0.5) is 0 Å². The Labute approximate surface area is 155 Å². The van der Waals surface area contributed by atoms with Gasteiger partial charge in [0.05, 0.1) is 25.2 Å². The Bertz CT molecular complexity index is 412. The lowest BCUT2D eigenvalue weighted by Crippen LogP contribution is -2.45. The van der Waals surface area contributed by atoms with Crippen LogP contribution in [-0.4, -0.2) is 56.8 Å². The van der Waals surface area contributed by atoms with Gasteiger partial charge in [-0.25, -0.2) is 5.48 Å². The number of nitrogens with one attached hydrogen (secondary N) is 2. The second kappa shape index (κ2) is 13.0. The summed E-state index contributed by atoms with van der Waals surface area (Å²) in [6.45, 7) is 5.12. The zero-order valence-electron chi connectivity index (χ0n) is 16.2. The summed E-state index contributed by atoms with van der Waals surface area (Å²) < 4.78 is 15.7. The molecular formula is C18H34N2O6. The van der Waals surface area contributed by atoms with Gasteiger partial charge in [-0.2, -0.15) is 0 Å². The molecule has 0 radical (unpaired) electrons. The van der Waals surface area contributed by atoms with Gasteiger partial charge in [0, 0.05) is 19.6 Å². The van der Waals surface area contributed by atoms with Crippen LogP contribution in [0.2, 0.25) is 0 Å². The quantitative estimate of drug-likeness (QED) is 0.207. The second-order valence-electron chi connectivity index (χ2n) is 7.01. The van der Waals surface area contributed by atoms with Crippen molar-refractivity contribution in [3.63, 3.8) is 0 Å². The first-order chi connectivity index (χ1) is 12.5. The molecule has 3 N–H and O–H groups in total. The summed E-state index contributed by atoms with van der Waals surface area (Å²) in [6.07, 6.45) is 4.20. The lowest BCUT2D eigenvalue weighted by Gasteiger charge is -2.28.